The lowest BCUT2D eigenvalue weighted by atomic mass is 10.1. The van der Waals surface area contributed by atoms with Crippen LogP contribution in [0.15, 0.2) is 24.3 Å². The Bertz CT molecular complexity index is 564. The van der Waals surface area contributed by atoms with Gasteiger partial charge in [0.1, 0.15) is 5.75 Å². The number of likely N-dealkylation sites (tertiary alicyclic amines) is 1. The summed E-state index contributed by atoms with van der Waals surface area (Å²) < 4.78 is 57.6. The van der Waals surface area contributed by atoms with Crippen LogP contribution in [0.5, 0.6) is 5.75 Å². The minimum Gasteiger partial charge on any atom is -0.406 e. The zero-order valence-corrected chi connectivity index (χ0v) is 16.2. The predicted molar refractivity (Wildman–Crippen MR) is 94.1 cm³/mol. The number of hydrogen-bond acceptors (Lipinski definition) is 5. The first-order valence-corrected chi connectivity index (χ1v) is 8.97. The second kappa shape index (κ2) is 9.23. The molecule has 0 aliphatic carbocycles. The van der Waals surface area contributed by atoms with Gasteiger partial charge in [-0.2, -0.15) is 0 Å². The predicted octanol–water partition coefficient (Wildman–Crippen LogP) is 4.31. The summed E-state index contributed by atoms with van der Waals surface area (Å²) in [6.45, 7) is 7.89. The van der Waals surface area contributed by atoms with Gasteiger partial charge in [-0.15, -0.1) is 13.2 Å². The van der Waals surface area contributed by atoms with Crippen molar-refractivity contribution < 1.29 is 32.1 Å². The number of benzene rings is 1. The van der Waals surface area contributed by atoms with E-state index in [1.54, 1.807) is 19.2 Å². The van der Waals surface area contributed by atoms with E-state index in [0.29, 0.717) is 6.61 Å². The van der Waals surface area contributed by atoms with Crippen molar-refractivity contribution in [1.29, 1.82) is 0 Å². The Morgan fingerprint density at radius 3 is 2.15 bits per heavy atom. The van der Waals surface area contributed by atoms with E-state index in [4.69, 9.17) is 14.2 Å². The third-order valence-corrected chi connectivity index (χ3v) is 4.07. The number of hydrogen-bond donors (Lipinski definition) is 0. The standard InChI is InChI=1S/C19H28F3NO4/c1-18(2,3)27-17(24-4)23-11-9-15(10-12-23)25-13-14-5-7-16(8-6-14)26-19(20,21)22/h5-8,15,17H,9-13H2,1-4H3. The molecule has 0 radical (unpaired) electrons. The number of nitrogens with zero attached hydrogens (tertiary/aromatic N) is 1. The molecule has 154 valence electrons. The lowest BCUT2D eigenvalue weighted by Crippen LogP contribution is -2.48. The van der Waals surface area contributed by atoms with E-state index in [2.05, 4.69) is 9.64 Å². The van der Waals surface area contributed by atoms with Crippen LogP contribution in [-0.4, -0.2) is 49.6 Å². The van der Waals surface area contributed by atoms with Crippen molar-refractivity contribution in [3.05, 3.63) is 29.8 Å². The molecule has 0 N–H and O–H groups in total. The van der Waals surface area contributed by atoms with Crippen LogP contribution >= 0.6 is 0 Å². The Hall–Kier alpha value is -1.35. The SMILES string of the molecule is COC(OC(C)(C)C)N1CCC(OCc2ccc(OC(F)(F)F)cc2)CC1. The van der Waals surface area contributed by atoms with Crippen LogP contribution in [0, 0.1) is 0 Å². The van der Waals surface area contributed by atoms with Gasteiger partial charge in [-0.05, 0) is 51.3 Å². The van der Waals surface area contributed by atoms with Crippen LogP contribution in [0.1, 0.15) is 39.2 Å². The molecule has 1 unspecified atom stereocenters. The molecule has 1 atom stereocenters. The van der Waals surface area contributed by atoms with Gasteiger partial charge in [0.2, 0.25) is 6.41 Å². The maximum absolute atomic E-state index is 12.2. The maximum Gasteiger partial charge on any atom is 0.573 e. The number of halogens is 3. The fraction of sp³-hybridized carbons (Fsp3) is 0.684. The van der Waals surface area contributed by atoms with Gasteiger partial charge in [0.15, 0.2) is 0 Å². The molecular weight excluding hydrogens is 363 g/mol. The Morgan fingerprint density at radius 2 is 1.67 bits per heavy atom. The topological polar surface area (TPSA) is 40.2 Å². The van der Waals surface area contributed by atoms with Crippen molar-refractivity contribution in [2.45, 2.75) is 64.7 Å². The highest BCUT2D eigenvalue weighted by Gasteiger charge is 2.31. The first kappa shape index (κ1) is 21.9. The summed E-state index contributed by atoms with van der Waals surface area (Å²) in [4.78, 5) is 2.13. The highest BCUT2D eigenvalue weighted by Crippen LogP contribution is 2.24. The van der Waals surface area contributed by atoms with Gasteiger partial charge in [-0.25, -0.2) is 0 Å². The normalized spacial score (nSPS) is 18.5. The van der Waals surface area contributed by atoms with E-state index in [1.165, 1.54) is 12.1 Å². The molecule has 1 aliphatic heterocycles. The van der Waals surface area contributed by atoms with Crippen LogP contribution in [0.3, 0.4) is 0 Å². The molecule has 8 heteroatoms. The van der Waals surface area contributed by atoms with Crippen LogP contribution < -0.4 is 4.74 Å². The summed E-state index contributed by atoms with van der Waals surface area (Å²) in [6, 6.07) is 5.74. The van der Waals surface area contributed by atoms with Gasteiger partial charge in [-0.1, -0.05) is 12.1 Å². The Kier molecular flexibility index (Phi) is 7.50. The molecule has 5 nitrogen and oxygen atoms in total. The zero-order chi connectivity index (χ0) is 20.1. The van der Waals surface area contributed by atoms with Gasteiger partial charge < -0.3 is 18.9 Å². The van der Waals surface area contributed by atoms with E-state index in [9.17, 15) is 13.2 Å². The monoisotopic (exact) mass is 391 g/mol. The number of rotatable bonds is 7. The van der Waals surface area contributed by atoms with Crippen molar-refractivity contribution in [2.75, 3.05) is 20.2 Å². The van der Waals surface area contributed by atoms with E-state index in [0.717, 1.165) is 31.5 Å². The molecule has 0 saturated carbocycles. The summed E-state index contributed by atoms with van der Waals surface area (Å²) >= 11 is 0. The number of piperidine rings is 1. The molecule has 1 aliphatic rings. The first-order chi connectivity index (χ1) is 12.6. The molecule has 2 rings (SSSR count). The maximum atomic E-state index is 12.2. The van der Waals surface area contributed by atoms with E-state index in [1.807, 2.05) is 20.8 Å². The summed E-state index contributed by atoms with van der Waals surface area (Å²) in [5, 5.41) is 0. The highest BCUT2D eigenvalue weighted by molar-refractivity contribution is 5.27. The van der Waals surface area contributed by atoms with Gasteiger partial charge in [0.05, 0.1) is 18.3 Å². The fourth-order valence-corrected chi connectivity index (χ4v) is 2.83. The quantitative estimate of drug-likeness (QED) is 0.648. The van der Waals surface area contributed by atoms with E-state index < -0.39 is 6.36 Å². The molecule has 27 heavy (non-hydrogen) atoms. The Labute approximate surface area is 158 Å². The molecule has 0 aromatic heterocycles. The van der Waals surface area contributed by atoms with E-state index in [-0.39, 0.29) is 23.9 Å². The van der Waals surface area contributed by atoms with Crippen molar-refractivity contribution in [2.24, 2.45) is 0 Å². The second-order valence-electron chi connectivity index (χ2n) is 7.51. The molecule has 1 saturated heterocycles. The lowest BCUT2D eigenvalue weighted by molar-refractivity contribution is -0.274. The Morgan fingerprint density at radius 1 is 1.07 bits per heavy atom. The van der Waals surface area contributed by atoms with Crippen LogP contribution in [0.25, 0.3) is 0 Å². The molecular formula is C19H28F3NO4. The smallest absolute Gasteiger partial charge is 0.406 e. The average molecular weight is 391 g/mol. The largest absolute Gasteiger partial charge is 0.573 e. The van der Waals surface area contributed by atoms with Crippen molar-refractivity contribution in [1.82, 2.24) is 4.90 Å². The summed E-state index contributed by atoms with van der Waals surface area (Å²) in [6.07, 6.45) is -3.29. The van der Waals surface area contributed by atoms with Gasteiger partial charge >= 0.3 is 6.36 Å². The number of ether oxygens (including phenoxy) is 4. The van der Waals surface area contributed by atoms with Crippen LogP contribution in [0.4, 0.5) is 13.2 Å². The van der Waals surface area contributed by atoms with Crippen molar-refractivity contribution in [3.63, 3.8) is 0 Å². The third kappa shape index (κ3) is 8.04. The first-order valence-electron chi connectivity index (χ1n) is 8.97. The third-order valence-electron chi connectivity index (χ3n) is 4.07. The molecule has 1 aromatic rings. The van der Waals surface area contributed by atoms with Crippen LogP contribution in [-0.2, 0) is 20.8 Å². The molecule has 0 spiro atoms. The Balaban J connectivity index is 1.76. The van der Waals surface area contributed by atoms with E-state index >= 15 is 0 Å². The summed E-state index contributed by atoms with van der Waals surface area (Å²) in [5.74, 6) is -0.232. The molecule has 1 fully saturated rings. The van der Waals surface area contributed by atoms with Gasteiger partial charge in [0.25, 0.3) is 0 Å². The van der Waals surface area contributed by atoms with Crippen molar-refractivity contribution >= 4 is 0 Å². The second-order valence-corrected chi connectivity index (χ2v) is 7.51. The zero-order valence-electron chi connectivity index (χ0n) is 16.2. The summed E-state index contributed by atoms with van der Waals surface area (Å²) in [7, 11) is 1.63. The number of methoxy groups -OCH3 is 1. The van der Waals surface area contributed by atoms with Crippen LogP contribution in [0.2, 0.25) is 0 Å². The van der Waals surface area contributed by atoms with Gasteiger partial charge in [0, 0.05) is 20.2 Å². The molecule has 1 heterocycles. The minimum atomic E-state index is -4.68. The fourth-order valence-electron chi connectivity index (χ4n) is 2.83. The van der Waals surface area contributed by atoms with Crippen molar-refractivity contribution in [3.8, 4) is 5.75 Å². The molecule has 0 bridgehead atoms. The number of alkyl halides is 3. The molecule has 1 aromatic carbocycles. The highest BCUT2D eigenvalue weighted by atomic mass is 19.4. The lowest BCUT2D eigenvalue weighted by Gasteiger charge is -2.38. The summed E-state index contributed by atoms with van der Waals surface area (Å²) in [5.41, 5.74) is 0.508. The minimum absolute atomic E-state index is 0.0968. The average Bonchev–Trinajstić information content (AvgIpc) is 2.57. The molecule has 0 amide bonds. The van der Waals surface area contributed by atoms with Gasteiger partial charge in [-0.3, -0.25) is 4.90 Å².